The summed E-state index contributed by atoms with van der Waals surface area (Å²) >= 11 is 3.24. The van der Waals surface area contributed by atoms with E-state index in [-0.39, 0.29) is 0 Å². The zero-order valence-electron chi connectivity index (χ0n) is 15.0. The van der Waals surface area contributed by atoms with Gasteiger partial charge in [0.2, 0.25) is 0 Å². The fourth-order valence-electron chi connectivity index (χ4n) is 2.75. The summed E-state index contributed by atoms with van der Waals surface area (Å²) in [6.07, 6.45) is 4.55. The van der Waals surface area contributed by atoms with Crippen LogP contribution in [0.15, 0.2) is 4.99 Å². The number of aromatic nitrogens is 1. The van der Waals surface area contributed by atoms with Crippen LogP contribution in [0.2, 0.25) is 0 Å². The molecule has 1 aromatic rings. The van der Waals surface area contributed by atoms with Gasteiger partial charge >= 0.3 is 0 Å². The summed E-state index contributed by atoms with van der Waals surface area (Å²) in [6.45, 7) is 9.67. The van der Waals surface area contributed by atoms with Crippen molar-refractivity contribution in [3.63, 3.8) is 0 Å². The molecule has 1 aromatic heterocycles. The Morgan fingerprint density at radius 2 is 1.96 bits per heavy atom. The number of aliphatic imine (C=N–C) groups is 1. The van der Waals surface area contributed by atoms with Crippen LogP contribution < -0.4 is 16.8 Å². The molecule has 24 heavy (non-hydrogen) atoms. The second-order valence-electron chi connectivity index (χ2n) is 5.97. The van der Waals surface area contributed by atoms with Crippen LogP contribution in [0.5, 0.6) is 0 Å². The number of hydrogen-bond donors (Lipinski definition) is 3. The van der Waals surface area contributed by atoms with Gasteiger partial charge in [0.1, 0.15) is 10.7 Å². The normalized spacial score (nSPS) is 19.9. The highest BCUT2D eigenvalue weighted by Crippen LogP contribution is 2.39. The molecule has 2 rings (SSSR count). The van der Waals surface area contributed by atoms with Crippen molar-refractivity contribution in [1.82, 2.24) is 9.88 Å². The molecule has 8 heteroatoms. The van der Waals surface area contributed by atoms with Crippen LogP contribution in [-0.4, -0.2) is 46.1 Å². The lowest BCUT2D eigenvalue weighted by molar-refractivity contribution is 0.289. The van der Waals surface area contributed by atoms with E-state index >= 15 is 0 Å². The van der Waals surface area contributed by atoms with Gasteiger partial charge in [0.15, 0.2) is 15.9 Å². The first-order chi connectivity index (χ1) is 11.5. The third-order valence-corrected chi connectivity index (χ3v) is 6.52. The SMILES string of the molecule is CCCCCSC1(CCN(CC)CC)N=C(N)c2sc(N)nc2N1. The standard InChI is InChI=1S/C16H30N6S2/c1-4-7-8-11-23-16(9-10-22(5-2)6-3)20-13(17)12-14(21-16)19-15(18)24-12/h21H,4-11H2,1-3H3,(H2,17,20)(H2,18,19). The predicted molar refractivity (Wildman–Crippen MR) is 108 cm³/mol. The van der Waals surface area contributed by atoms with Crippen molar-refractivity contribution in [3.05, 3.63) is 4.88 Å². The van der Waals surface area contributed by atoms with Crippen molar-refractivity contribution in [2.75, 3.05) is 36.4 Å². The Morgan fingerprint density at radius 1 is 1.21 bits per heavy atom. The summed E-state index contributed by atoms with van der Waals surface area (Å²) in [5, 5.41) is 4.06. The largest absolute Gasteiger partial charge is 0.383 e. The summed E-state index contributed by atoms with van der Waals surface area (Å²) < 4.78 is 0. The molecule has 136 valence electrons. The van der Waals surface area contributed by atoms with E-state index in [1.807, 2.05) is 11.8 Å². The zero-order chi connectivity index (χ0) is 17.6. The molecule has 0 fully saturated rings. The van der Waals surface area contributed by atoms with E-state index in [0.29, 0.717) is 11.0 Å². The first kappa shape index (κ1) is 19.3. The number of fused-ring (bicyclic) bond motifs is 1. The number of amidine groups is 1. The van der Waals surface area contributed by atoms with Gasteiger partial charge in [-0.15, -0.1) is 11.8 Å². The molecule has 0 saturated carbocycles. The van der Waals surface area contributed by atoms with Crippen LogP contribution in [0.25, 0.3) is 0 Å². The Kier molecular flexibility index (Phi) is 7.18. The minimum absolute atomic E-state index is 0.437. The number of rotatable bonds is 10. The first-order valence-electron chi connectivity index (χ1n) is 8.80. The summed E-state index contributed by atoms with van der Waals surface area (Å²) in [6, 6.07) is 0. The average molecular weight is 371 g/mol. The zero-order valence-corrected chi connectivity index (χ0v) is 16.6. The van der Waals surface area contributed by atoms with Crippen molar-refractivity contribution < 1.29 is 0 Å². The highest BCUT2D eigenvalue weighted by atomic mass is 32.2. The van der Waals surface area contributed by atoms with Crippen molar-refractivity contribution in [2.45, 2.75) is 51.4 Å². The number of unbranched alkanes of at least 4 members (excludes halogenated alkanes) is 2. The fourth-order valence-corrected chi connectivity index (χ4v) is 4.70. The van der Waals surface area contributed by atoms with E-state index in [0.717, 1.165) is 42.5 Å². The number of nitrogen functional groups attached to an aromatic ring is 1. The van der Waals surface area contributed by atoms with E-state index in [9.17, 15) is 0 Å². The third-order valence-electron chi connectivity index (χ3n) is 4.24. The van der Waals surface area contributed by atoms with Gasteiger partial charge in [0, 0.05) is 13.0 Å². The molecule has 6 nitrogen and oxygen atoms in total. The molecule has 1 aliphatic rings. The second kappa shape index (κ2) is 8.92. The van der Waals surface area contributed by atoms with E-state index in [2.05, 4.69) is 36.0 Å². The molecule has 0 aliphatic carbocycles. The van der Waals surface area contributed by atoms with Crippen molar-refractivity contribution >= 4 is 39.9 Å². The minimum Gasteiger partial charge on any atom is -0.383 e. The second-order valence-corrected chi connectivity index (χ2v) is 8.37. The number of thioether (sulfide) groups is 1. The smallest absolute Gasteiger partial charge is 0.182 e. The van der Waals surface area contributed by atoms with Gasteiger partial charge in [-0.1, -0.05) is 44.9 Å². The number of anilines is 2. The fraction of sp³-hybridized carbons (Fsp3) is 0.750. The van der Waals surface area contributed by atoms with Crippen LogP contribution in [-0.2, 0) is 0 Å². The number of nitrogens with zero attached hydrogens (tertiary/aromatic N) is 3. The van der Waals surface area contributed by atoms with Crippen molar-refractivity contribution in [1.29, 1.82) is 0 Å². The quantitative estimate of drug-likeness (QED) is 0.548. The molecule has 1 aliphatic heterocycles. The van der Waals surface area contributed by atoms with Gasteiger partial charge in [-0.2, -0.15) is 0 Å². The van der Waals surface area contributed by atoms with Gasteiger partial charge in [-0.25, -0.2) is 9.98 Å². The van der Waals surface area contributed by atoms with Crippen LogP contribution in [0.1, 0.15) is 51.3 Å². The maximum Gasteiger partial charge on any atom is 0.182 e. The lowest BCUT2D eigenvalue weighted by Crippen LogP contribution is -2.42. The van der Waals surface area contributed by atoms with E-state index in [1.165, 1.54) is 30.6 Å². The summed E-state index contributed by atoms with van der Waals surface area (Å²) in [4.78, 5) is 12.1. The predicted octanol–water partition coefficient (Wildman–Crippen LogP) is 3.17. The highest BCUT2D eigenvalue weighted by Gasteiger charge is 2.36. The van der Waals surface area contributed by atoms with Crippen molar-refractivity contribution in [3.8, 4) is 0 Å². The molecular weight excluding hydrogens is 340 g/mol. The van der Waals surface area contributed by atoms with Crippen LogP contribution in [0.4, 0.5) is 10.9 Å². The Hall–Kier alpha value is -0.990. The monoisotopic (exact) mass is 370 g/mol. The summed E-state index contributed by atoms with van der Waals surface area (Å²) in [7, 11) is 0. The molecule has 0 amide bonds. The van der Waals surface area contributed by atoms with Gasteiger partial charge in [-0.3, -0.25) is 0 Å². The number of hydrogen-bond acceptors (Lipinski definition) is 8. The van der Waals surface area contributed by atoms with Crippen LogP contribution >= 0.6 is 23.1 Å². The molecule has 5 N–H and O–H groups in total. The van der Waals surface area contributed by atoms with Crippen LogP contribution in [0, 0.1) is 0 Å². The molecule has 0 saturated heterocycles. The lowest BCUT2D eigenvalue weighted by atomic mass is 10.2. The van der Waals surface area contributed by atoms with Crippen molar-refractivity contribution in [2.24, 2.45) is 10.7 Å². The maximum atomic E-state index is 6.23. The Morgan fingerprint density at radius 3 is 2.62 bits per heavy atom. The topological polar surface area (TPSA) is 92.6 Å². The third kappa shape index (κ3) is 4.77. The molecule has 0 aromatic carbocycles. The molecule has 0 radical (unpaired) electrons. The van der Waals surface area contributed by atoms with Gasteiger partial charge in [0.25, 0.3) is 0 Å². The minimum atomic E-state index is -0.437. The molecule has 0 spiro atoms. The van der Waals surface area contributed by atoms with Gasteiger partial charge in [-0.05, 0) is 25.3 Å². The Labute approximate surface area is 153 Å². The van der Waals surface area contributed by atoms with E-state index < -0.39 is 4.99 Å². The van der Waals surface area contributed by atoms with E-state index in [1.54, 1.807) is 0 Å². The molecule has 2 heterocycles. The molecule has 1 unspecified atom stereocenters. The number of nitrogens with two attached hydrogens (primary N) is 2. The number of thiazole rings is 1. The number of nitrogens with one attached hydrogen (secondary N) is 1. The molecular formula is C16H30N6S2. The first-order valence-corrected chi connectivity index (χ1v) is 10.6. The Balaban J connectivity index is 2.15. The summed E-state index contributed by atoms with van der Waals surface area (Å²) in [5.74, 6) is 2.40. The molecule has 1 atom stereocenters. The van der Waals surface area contributed by atoms with Gasteiger partial charge < -0.3 is 21.7 Å². The summed E-state index contributed by atoms with van der Waals surface area (Å²) in [5.41, 5.74) is 12.1. The molecule has 0 bridgehead atoms. The average Bonchev–Trinajstić information content (AvgIpc) is 2.93. The van der Waals surface area contributed by atoms with Gasteiger partial charge in [0.05, 0.1) is 0 Å². The lowest BCUT2D eigenvalue weighted by Gasteiger charge is -2.35. The van der Waals surface area contributed by atoms with E-state index in [4.69, 9.17) is 16.5 Å². The van der Waals surface area contributed by atoms with Crippen LogP contribution in [0.3, 0.4) is 0 Å². The maximum absolute atomic E-state index is 6.23. The highest BCUT2D eigenvalue weighted by molar-refractivity contribution is 8.00. The Bertz CT molecular complexity index is 555.